The van der Waals surface area contributed by atoms with Gasteiger partial charge in [-0.2, -0.15) is 5.10 Å². The van der Waals surface area contributed by atoms with Gasteiger partial charge in [0.25, 0.3) is 5.91 Å². The molecule has 3 rings (SSSR count). The topological polar surface area (TPSA) is 79.5 Å². The lowest BCUT2D eigenvalue weighted by Gasteiger charge is -2.06. The average molecular weight is 268 g/mol. The van der Waals surface area contributed by atoms with Crippen LogP contribution in [0.4, 0.5) is 5.69 Å². The maximum Gasteiger partial charge on any atom is 0.274 e. The lowest BCUT2D eigenvalue weighted by molar-refractivity contribution is 0.102. The van der Waals surface area contributed by atoms with Gasteiger partial charge in [0.2, 0.25) is 0 Å². The highest BCUT2D eigenvalue weighted by molar-refractivity contribution is 6.03. The molecule has 6 heteroatoms. The van der Waals surface area contributed by atoms with Crippen LogP contribution >= 0.6 is 0 Å². The van der Waals surface area contributed by atoms with Gasteiger partial charge < -0.3 is 10.4 Å². The molecule has 100 valence electrons. The van der Waals surface area contributed by atoms with E-state index in [1.807, 2.05) is 6.92 Å². The Bertz CT molecular complexity index is 795. The summed E-state index contributed by atoms with van der Waals surface area (Å²) in [6.07, 6.45) is 1.56. The van der Waals surface area contributed by atoms with Gasteiger partial charge in [0.05, 0.1) is 5.69 Å². The number of anilines is 1. The number of carbonyl (C=O) groups is 1. The molecule has 0 radical (unpaired) electrons. The molecule has 1 amide bonds. The largest absolute Gasteiger partial charge is 0.508 e. The molecule has 1 aromatic carbocycles. The maximum absolute atomic E-state index is 12.3. The molecule has 0 atom stereocenters. The quantitative estimate of drug-likeness (QED) is 0.745. The summed E-state index contributed by atoms with van der Waals surface area (Å²) in [7, 11) is 0. The van der Waals surface area contributed by atoms with Gasteiger partial charge in [-0.15, -0.1) is 0 Å². The monoisotopic (exact) mass is 268 g/mol. The van der Waals surface area contributed by atoms with Gasteiger partial charge in [-0.1, -0.05) is 6.07 Å². The van der Waals surface area contributed by atoms with Gasteiger partial charge >= 0.3 is 0 Å². The van der Waals surface area contributed by atoms with E-state index >= 15 is 0 Å². The van der Waals surface area contributed by atoms with E-state index in [9.17, 15) is 9.90 Å². The normalized spacial score (nSPS) is 10.7. The summed E-state index contributed by atoms with van der Waals surface area (Å²) in [5.74, 6) is -0.219. The molecule has 0 saturated heterocycles. The van der Waals surface area contributed by atoms with Crippen molar-refractivity contribution in [1.82, 2.24) is 14.6 Å². The van der Waals surface area contributed by atoms with Crippen molar-refractivity contribution in [2.75, 3.05) is 5.32 Å². The molecule has 0 aliphatic rings. The molecule has 3 aromatic rings. The van der Waals surface area contributed by atoms with Crippen LogP contribution in [0.5, 0.6) is 5.75 Å². The van der Waals surface area contributed by atoms with E-state index in [2.05, 4.69) is 15.4 Å². The van der Waals surface area contributed by atoms with E-state index in [1.165, 1.54) is 16.6 Å². The van der Waals surface area contributed by atoms with Crippen molar-refractivity contribution in [2.24, 2.45) is 0 Å². The van der Waals surface area contributed by atoms with Gasteiger partial charge in [-0.05, 0) is 25.1 Å². The molecule has 0 fully saturated rings. The Balaban J connectivity index is 1.96. The zero-order chi connectivity index (χ0) is 14.1. The van der Waals surface area contributed by atoms with E-state index in [0.29, 0.717) is 17.0 Å². The number of phenols is 1. The van der Waals surface area contributed by atoms with Gasteiger partial charge in [0, 0.05) is 24.0 Å². The van der Waals surface area contributed by atoms with Crippen molar-refractivity contribution in [3.05, 3.63) is 54.0 Å². The Kier molecular flexibility index (Phi) is 2.83. The first-order valence-corrected chi connectivity index (χ1v) is 6.05. The molecular formula is C14H12N4O2. The third-order valence-corrected chi connectivity index (χ3v) is 2.82. The smallest absolute Gasteiger partial charge is 0.274 e. The molecule has 0 aliphatic heterocycles. The van der Waals surface area contributed by atoms with E-state index < -0.39 is 0 Å². The van der Waals surface area contributed by atoms with Crippen LogP contribution in [-0.2, 0) is 0 Å². The number of nitrogens with zero attached hydrogens (tertiary/aromatic N) is 3. The Hall–Kier alpha value is -2.89. The Morgan fingerprint density at radius 3 is 2.95 bits per heavy atom. The van der Waals surface area contributed by atoms with Crippen molar-refractivity contribution in [1.29, 1.82) is 0 Å². The number of aromatic hydroxyl groups is 1. The lowest BCUT2D eigenvalue weighted by Crippen LogP contribution is -2.16. The SMILES string of the molecule is Cc1cc2nccc(C(=O)Nc3cccc(O)c3)n2n1. The van der Waals surface area contributed by atoms with Crippen LogP contribution in [0.1, 0.15) is 16.2 Å². The summed E-state index contributed by atoms with van der Waals surface area (Å²) in [5, 5.41) is 16.3. The highest BCUT2D eigenvalue weighted by Gasteiger charge is 2.12. The average Bonchev–Trinajstić information content (AvgIpc) is 2.78. The zero-order valence-corrected chi connectivity index (χ0v) is 10.7. The second-order valence-electron chi connectivity index (χ2n) is 4.39. The first-order valence-electron chi connectivity index (χ1n) is 6.05. The van der Waals surface area contributed by atoms with Crippen molar-refractivity contribution in [3.8, 4) is 5.75 Å². The first-order chi connectivity index (χ1) is 9.63. The number of fused-ring (bicyclic) bond motifs is 1. The molecule has 0 spiro atoms. The number of rotatable bonds is 2. The van der Waals surface area contributed by atoms with Crippen LogP contribution < -0.4 is 5.32 Å². The highest BCUT2D eigenvalue weighted by atomic mass is 16.3. The van der Waals surface area contributed by atoms with Gasteiger partial charge in [-0.25, -0.2) is 9.50 Å². The Morgan fingerprint density at radius 1 is 1.30 bits per heavy atom. The number of carbonyl (C=O) groups excluding carboxylic acids is 1. The summed E-state index contributed by atoms with van der Waals surface area (Å²) in [5.41, 5.74) is 2.30. The molecule has 2 N–H and O–H groups in total. The number of aryl methyl sites for hydroxylation is 1. The fourth-order valence-corrected chi connectivity index (χ4v) is 1.96. The van der Waals surface area contributed by atoms with Gasteiger partial charge in [0.1, 0.15) is 11.4 Å². The minimum Gasteiger partial charge on any atom is -0.508 e. The zero-order valence-electron chi connectivity index (χ0n) is 10.7. The third-order valence-electron chi connectivity index (χ3n) is 2.82. The molecule has 6 nitrogen and oxygen atoms in total. The second kappa shape index (κ2) is 4.65. The third kappa shape index (κ3) is 2.18. The maximum atomic E-state index is 12.3. The van der Waals surface area contributed by atoms with Crippen molar-refractivity contribution >= 4 is 17.2 Å². The number of hydrogen-bond acceptors (Lipinski definition) is 4. The van der Waals surface area contributed by atoms with Crippen molar-refractivity contribution in [3.63, 3.8) is 0 Å². The summed E-state index contributed by atoms with van der Waals surface area (Å²) in [6.45, 7) is 1.84. The van der Waals surface area contributed by atoms with Gasteiger partial charge in [0.15, 0.2) is 5.65 Å². The predicted molar refractivity (Wildman–Crippen MR) is 73.8 cm³/mol. The number of nitrogens with one attached hydrogen (secondary N) is 1. The van der Waals surface area contributed by atoms with Crippen LogP contribution in [0.2, 0.25) is 0 Å². The Labute approximate surface area is 114 Å². The molecule has 0 bridgehead atoms. The first kappa shape index (κ1) is 12.2. The van der Waals surface area contributed by atoms with E-state index in [1.54, 1.807) is 30.5 Å². The standard InChI is InChI=1S/C14H12N4O2/c1-9-7-13-15-6-5-12(18(13)17-9)14(20)16-10-3-2-4-11(19)8-10/h2-8,19H,1H3,(H,16,20). The fourth-order valence-electron chi connectivity index (χ4n) is 1.96. The molecular weight excluding hydrogens is 256 g/mol. The number of aromatic nitrogens is 3. The summed E-state index contributed by atoms with van der Waals surface area (Å²) >= 11 is 0. The number of benzene rings is 1. The minimum absolute atomic E-state index is 0.0950. The lowest BCUT2D eigenvalue weighted by atomic mass is 10.3. The molecule has 0 unspecified atom stereocenters. The summed E-state index contributed by atoms with van der Waals surface area (Å²) < 4.78 is 1.49. The number of phenolic OH excluding ortho intramolecular Hbond substituents is 1. The van der Waals surface area contributed by atoms with Crippen LogP contribution in [0.3, 0.4) is 0 Å². The van der Waals surface area contributed by atoms with Crippen LogP contribution in [0, 0.1) is 6.92 Å². The second-order valence-corrected chi connectivity index (χ2v) is 4.39. The molecule has 20 heavy (non-hydrogen) atoms. The minimum atomic E-state index is -0.314. The molecule has 2 heterocycles. The van der Waals surface area contributed by atoms with Crippen LogP contribution in [0.15, 0.2) is 42.6 Å². The molecule has 0 aliphatic carbocycles. The van der Waals surface area contributed by atoms with E-state index in [4.69, 9.17) is 0 Å². The van der Waals surface area contributed by atoms with Crippen molar-refractivity contribution in [2.45, 2.75) is 6.92 Å². The van der Waals surface area contributed by atoms with Gasteiger partial charge in [-0.3, -0.25) is 4.79 Å². The highest BCUT2D eigenvalue weighted by Crippen LogP contribution is 2.16. The predicted octanol–water partition coefficient (Wildman–Crippen LogP) is 2.00. The summed E-state index contributed by atoms with van der Waals surface area (Å²) in [6, 6.07) is 9.76. The van der Waals surface area contributed by atoms with E-state index in [-0.39, 0.29) is 11.7 Å². The molecule has 0 saturated carbocycles. The summed E-state index contributed by atoms with van der Waals surface area (Å²) in [4.78, 5) is 16.4. The fraction of sp³-hybridized carbons (Fsp3) is 0.0714. The number of amides is 1. The van der Waals surface area contributed by atoms with Crippen LogP contribution in [0.25, 0.3) is 5.65 Å². The molecule has 2 aromatic heterocycles. The number of hydrogen-bond donors (Lipinski definition) is 2. The van der Waals surface area contributed by atoms with Crippen molar-refractivity contribution < 1.29 is 9.90 Å². The van der Waals surface area contributed by atoms with Crippen LogP contribution in [-0.4, -0.2) is 25.6 Å². The van der Waals surface area contributed by atoms with E-state index in [0.717, 1.165) is 5.69 Å². The Morgan fingerprint density at radius 2 is 2.15 bits per heavy atom.